The van der Waals surface area contributed by atoms with Crippen LogP contribution in [-0.2, 0) is 9.47 Å². The molecule has 1 N–H and O–H groups in total. The Kier molecular flexibility index (Phi) is 5.24. The molecule has 0 unspecified atom stereocenters. The van der Waals surface area contributed by atoms with Crippen molar-refractivity contribution < 1.29 is 23.4 Å². The number of morpholine rings is 2. The number of fused-ring (bicyclic) bond motifs is 1. The highest BCUT2D eigenvalue weighted by molar-refractivity contribution is 5.79. The summed E-state index contributed by atoms with van der Waals surface area (Å²) in [7, 11) is 0. The van der Waals surface area contributed by atoms with Gasteiger partial charge in [-0.1, -0.05) is 0 Å². The lowest BCUT2D eigenvalue weighted by atomic mass is 10.3. The average Bonchev–Trinajstić information content (AvgIpc) is 3.19. The minimum atomic E-state index is -2.86. The Bertz CT molecular complexity index is 1050. The lowest BCUT2D eigenvalue weighted by molar-refractivity contribution is 0.121. The second-order valence-corrected chi connectivity index (χ2v) is 7.21. The van der Waals surface area contributed by atoms with Crippen molar-refractivity contribution >= 4 is 22.9 Å². The molecule has 0 atom stereocenters. The van der Waals surface area contributed by atoms with Gasteiger partial charge in [-0.15, -0.1) is 0 Å². The van der Waals surface area contributed by atoms with Gasteiger partial charge in [-0.05, 0) is 12.1 Å². The van der Waals surface area contributed by atoms with Crippen molar-refractivity contribution in [3.8, 4) is 11.7 Å². The minimum Gasteiger partial charge on any atom is -0.508 e. The van der Waals surface area contributed by atoms with Gasteiger partial charge in [0.1, 0.15) is 5.75 Å². The van der Waals surface area contributed by atoms with E-state index >= 15 is 0 Å². The molecule has 164 valence electrons. The molecule has 2 aliphatic rings. The van der Waals surface area contributed by atoms with Crippen molar-refractivity contribution in [3.05, 3.63) is 24.0 Å². The smallest absolute Gasteiger partial charge is 0.296 e. The summed E-state index contributed by atoms with van der Waals surface area (Å²) in [5.74, 6) is 0.244. The number of hydrogen-bond acceptors (Lipinski definition) is 9. The number of phenolic OH excluding ortho intramolecular Hbond substituents is 1. The maximum atomic E-state index is 13.9. The highest BCUT2D eigenvalue weighted by Crippen LogP contribution is 2.30. The maximum absolute atomic E-state index is 13.9. The molecule has 0 amide bonds. The van der Waals surface area contributed by atoms with Crippen molar-refractivity contribution in [1.82, 2.24) is 24.5 Å². The molecule has 10 nitrogen and oxygen atoms in total. The second kappa shape index (κ2) is 8.19. The topological polar surface area (TPSA) is 102 Å². The largest absolute Gasteiger partial charge is 0.508 e. The van der Waals surface area contributed by atoms with E-state index in [-0.39, 0.29) is 11.7 Å². The molecular weight excluding hydrogens is 412 g/mol. The lowest BCUT2D eigenvalue weighted by Crippen LogP contribution is -2.40. The van der Waals surface area contributed by atoms with Gasteiger partial charge in [0.2, 0.25) is 17.8 Å². The molecule has 0 saturated carbocycles. The molecule has 12 heteroatoms. The van der Waals surface area contributed by atoms with Crippen LogP contribution in [0.2, 0.25) is 0 Å². The third-order valence-corrected chi connectivity index (χ3v) is 5.25. The van der Waals surface area contributed by atoms with Gasteiger partial charge in [-0.25, -0.2) is 13.8 Å². The number of aromatic nitrogens is 5. The quantitative estimate of drug-likeness (QED) is 0.656. The SMILES string of the molecule is Oc1ccc2nc(C(F)F)n(-c3nc(N4CCOCC4)nc(N4CCOCC4)n3)c2c1. The molecule has 0 bridgehead atoms. The zero-order valence-electron chi connectivity index (χ0n) is 16.6. The molecule has 0 aliphatic carbocycles. The van der Waals surface area contributed by atoms with Gasteiger partial charge in [0.25, 0.3) is 6.43 Å². The molecule has 5 rings (SSSR count). The number of anilines is 2. The van der Waals surface area contributed by atoms with Crippen LogP contribution in [0.25, 0.3) is 17.0 Å². The first-order valence-electron chi connectivity index (χ1n) is 10.0. The predicted molar refractivity (Wildman–Crippen MR) is 107 cm³/mol. The molecule has 4 heterocycles. The number of imidazole rings is 1. The molecule has 2 aromatic heterocycles. The normalized spacial score (nSPS) is 17.6. The summed E-state index contributed by atoms with van der Waals surface area (Å²) in [6.45, 7) is 4.43. The summed E-state index contributed by atoms with van der Waals surface area (Å²) >= 11 is 0. The van der Waals surface area contributed by atoms with Crippen LogP contribution in [0.4, 0.5) is 20.7 Å². The number of phenols is 1. The van der Waals surface area contributed by atoms with Gasteiger partial charge in [0.15, 0.2) is 5.82 Å². The van der Waals surface area contributed by atoms with Crippen LogP contribution in [-0.4, -0.2) is 82.2 Å². The van der Waals surface area contributed by atoms with E-state index in [2.05, 4.69) is 19.9 Å². The van der Waals surface area contributed by atoms with Gasteiger partial charge < -0.3 is 24.4 Å². The van der Waals surface area contributed by atoms with Crippen LogP contribution in [0.15, 0.2) is 18.2 Å². The van der Waals surface area contributed by atoms with Crippen LogP contribution in [0, 0.1) is 0 Å². The fourth-order valence-electron chi connectivity index (χ4n) is 3.69. The maximum Gasteiger partial charge on any atom is 0.296 e. The van der Waals surface area contributed by atoms with Crippen molar-refractivity contribution in [1.29, 1.82) is 0 Å². The second-order valence-electron chi connectivity index (χ2n) is 7.21. The summed E-state index contributed by atoms with van der Waals surface area (Å²) in [4.78, 5) is 21.6. The van der Waals surface area contributed by atoms with E-state index < -0.39 is 12.2 Å². The van der Waals surface area contributed by atoms with E-state index in [1.807, 2.05) is 9.80 Å². The van der Waals surface area contributed by atoms with Crippen molar-refractivity contribution in [2.75, 3.05) is 62.4 Å². The standard InChI is InChI=1S/C19H21F2N7O3/c20-15(21)16-22-13-2-1-12(29)11-14(13)28(16)19-24-17(26-3-7-30-8-4-26)23-18(25-19)27-5-9-31-10-6-27/h1-2,11,15,29H,3-10H2. The molecule has 0 radical (unpaired) electrons. The number of nitrogens with zero attached hydrogens (tertiary/aromatic N) is 7. The first kappa shape index (κ1) is 19.8. The Morgan fingerprint density at radius 1 is 0.806 bits per heavy atom. The molecule has 2 fully saturated rings. The summed E-state index contributed by atoms with van der Waals surface area (Å²) in [6, 6.07) is 4.27. The highest BCUT2D eigenvalue weighted by Gasteiger charge is 2.26. The average molecular weight is 433 g/mol. The van der Waals surface area contributed by atoms with E-state index in [9.17, 15) is 13.9 Å². The highest BCUT2D eigenvalue weighted by atomic mass is 19.3. The molecule has 2 saturated heterocycles. The Morgan fingerprint density at radius 3 is 1.90 bits per heavy atom. The first-order valence-corrected chi connectivity index (χ1v) is 10.0. The Morgan fingerprint density at radius 2 is 1.35 bits per heavy atom. The van der Waals surface area contributed by atoms with Crippen LogP contribution in [0.1, 0.15) is 12.2 Å². The Labute approximate surface area is 176 Å². The number of ether oxygens (including phenoxy) is 2. The zero-order valence-corrected chi connectivity index (χ0v) is 16.6. The van der Waals surface area contributed by atoms with E-state index in [0.717, 1.165) is 0 Å². The van der Waals surface area contributed by atoms with Crippen LogP contribution >= 0.6 is 0 Å². The predicted octanol–water partition coefficient (Wildman–Crippen LogP) is 1.53. The summed E-state index contributed by atoms with van der Waals surface area (Å²) in [6.07, 6.45) is -2.86. The minimum absolute atomic E-state index is 0.0291. The zero-order chi connectivity index (χ0) is 21.4. The fourth-order valence-corrected chi connectivity index (χ4v) is 3.69. The third-order valence-electron chi connectivity index (χ3n) is 5.25. The number of rotatable bonds is 4. The van der Waals surface area contributed by atoms with Crippen molar-refractivity contribution in [2.45, 2.75) is 6.43 Å². The van der Waals surface area contributed by atoms with E-state index in [1.165, 1.54) is 22.8 Å². The summed E-state index contributed by atoms with van der Waals surface area (Å²) < 4.78 is 39.8. The Hall–Kier alpha value is -3.12. The monoisotopic (exact) mass is 433 g/mol. The number of aromatic hydroxyl groups is 1. The third kappa shape index (κ3) is 3.83. The molecule has 31 heavy (non-hydrogen) atoms. The molecule has 1 aromatic carbocycles. The van der Waals surface area contributed by atoms with Gasteiger partial charge in [0, 0.05) is 32.2 Å². The summed E-state index contributed by atoms with van der Waals surface area (Å²) in [5.41, 5.74) is 0.608. The fraction of sp³-hybridized carbons (Fsp3) is 0.474. The molecule has 3 aromatic rings. The van der Waals surface area contributed by atoms with Crippen molar-refractivity contribution in [3.63, 3.8) is 0 Å². The number of hydrogen-bond donors (Lipinski definition) is 1. The van der Waals surface area contributed by atoms with Crippen molar-refractivity contribution in [2.24, 2.45) is 0 Å². The van der Waals surface area contributed by atoms with Crippen LogP contribution < -0.4 is 9.80 Å². The molecule has 0 spiro atoms. The number of alkyl halides is 2. The van der Waals surface area contributed by atoms with E-state index in [0.29, 0.717) is 75.5 Å². The lowest BCUT2D eigenvalue weighted by Gasteiger charge is -2.30. The van der Waals surface area contributed by atoms with Gasteiger partial charge in [0.05, 0.1) is 37.5 Å². The van der Waals surface area contributed by atoms with Crippen LogP contribution in [0.5, 0.6) is 5.75 Å². The Balaban J connectivity index is 1.69. The number of benzene rings is 1. The van der Waals surface area contributed by atoms with E-state index in [4.69, 9.17) is 9.47 Å². The molecule has 2 aliphatic heterocycles. The number of halogens is 2. The van der Waals surface area contributed by atoms with Gasteiger partial charge in [-0.3, -0.25) is 4.57 Å². The van der Waals surface area contributed by atoms with Crippen LogP contribution in [0.3, 0.4) is 0 Å². The molecular formula is C19H21F2N7O3. The van der Waals surface area contributed by atoms with Gasteiger partial charge >= 0.3 is 0 Å². The first-order chi connectivity index (χ1) is 15.1. The van der Waals surface area contributed by atoms with E-state index in [1.54, 1.807) is 0 Å². The summed E-state index contributed by atoms with van der Waals surface area (Å²) in [5, 5.41) is 9.94. The van der Waals surface area contributed by atoms with Gasteiger partial charge in [-0.2, -0.15) is 15.0 Å².